The van der Waals surface area contributed by atoms with E-state index in [1.165, 1.54) is 20.8 Å². The zero-order chi connectivity index (χ0) is 22.2. The first kappa shape index (κ1) is 20.3. The lowest BCUT2D eigenvalue weighted by atomic mass is 10.1. The highest BCUT2D eigenvalue weighted by molar-refractivity contribution is 7.99. The van der Waals surface area contributed by atoms with Crippen molar-refractivity contribution < 1.29 is 0 Å². The molecule has 0 saturated carbocycles. The third-order valence-electron chi connectivity index (χ3n) is 5.58. The van der Waals surface area contributed by atoms with Crippen LogP contribution in [0.1, 0.15) is 11.1 Å². The van der Waals surface area contributed by atoms with Crippen molar-refractivity contribution in [3.8, 4) is 5.69 Å². The van der Waals surface area contributed by atoms with Crippen molar-refractivity contribution >= 4 is 28.3 Å². The van der Waals surface area contributed by atoms with Gasteiger partial charge < -0.3 is 0 Å². The zero-order valence-electron chi connectivity index (χ0n) is 17.7. The minimum Gasteiger partial charge on any atom is -0.268 e. The summed E-state index contributed by atoms with van der Waals surface area (Å²) in [5.41, 5.74) is 3.95. The molecule has 8 heteroatoms. The lowest BCUT2D eigenvalue weighted by Crippen LogP contribution is -2.24. The van der Waals surface area contributed by atoms with Crippen LogP contribution in [-0.2, 0) is 6.54 Å². The highest BCUT2D eigenvalue weighted by atomic mass is 32.2. The molecule has 0 amide bonds. The molecular formula is C24H21N5O2S. The molecule has 2 aromatic carbocycles. The summed E-state index contributed by atoms with van der Waals surface area (Å²) in [6, 6.07) is 18.7. The van der Waals surface area contributed by atoms with Gasteiger partial charge in [0.25, 0.3) is 5.56 Å². The first-order valence-corrected chi connectivity index (χ1v) is 11.3. The van der Waals surface area contributed by atoms with Crippen LogP contribution in [0, 0.1) is 13.8 Å². The molecule has 0 bridgehead atoms. The number of rotatable bonds is 5. The van der Waals surface area contributed by atoms with E-state index in [0.29, 0.717) is 34.0 Å². The van der Waals surface area contributed by atoms with Gasteiger partial charge in [-0.3, -0.25) is 13.8 Å². The van der Waals surface area contributed by atoms with Gasteiger partial charge in [0.05, 0.1) is 23.1 Å². The molecule has 0 saturated heterocycles. The Balaban J connectivity index is 1.55. The lowest BCUT2D eigenvalue weighted by Gasteiger charge is -2.16. The van der Waals surface area contributed by atoms with Crippen molar-refractivity contribution in [1.29, 1.82) is 0 Å². The fourth-order valence-electron chi connectivity index (χ4n) is 3.74. The maximum Gasteiger partial charge on any atom is 0.350 e. The molecule has 0 atom stereocenters. The second-order valence-corrected chi connectivity index (χ2v) is 8.62. The van der Waals surface area contributed by atoms with E-state index in [-0.39, 0.29) is 11.2 Å². The normalized spacial score (nSPS) is 11.4. The molecule has 0 aliphatic rings. The van der Waals surface area contributed by atoms with Crippen molar-refractivity contribution in [2.45, 2.75) is 25.5 Å². The molecule has 0 radical (unpaired) electrons. The number of fused-ring (bicyclic) bond motifs is 2. The largest absolute Gasteiger partial charge is 0.350 e. The van der Waals surface area contributed by atoms with Crippen molar-refractivity contribution in [2.75, 3.05) is 5.75 Å². The summed E-state index contributed by atoms with van der Waals surface area (Å²) in [5.74, 6) is 0.541. The molecule has 0 fully saturated rings. The third-order valence-corrected chi connectivity index (χ3v) is 6.50. The van der Waals surface area contributed by atoms with Crippen molar-refractivity contribution in [2.24, 2.45) is 0 Å². The topological polar surface area (TPSA) is 74.2 Å². The van der Waals surface area contributed by atoms with Crippen LogP contribution in [0.3, 0.4) is 0 Å². The molecular weight excluding hydrogens is 422 g/mol. The molecule has 0 unspecified atom stereocenters. The van der Waals surface area contributed by atoms with E-state index in [4.69, 9.17) is 4.98 Å². The van der Waals surface area contributed by atoms with Crippen LogP contribution in [0.15, 0.2) is 81.6 Å². The van der Waals surface area contributed by atoms with Crippen molar-refractivity contribution in [3.63, 3.8) is 0 Å². The maximum absolute atomic E-state index is 13.5. The number of nitrogens with zero attached hydrogens (tertiary/aromatic N) is 5. The Kier molecular flexibility index (Phi) is 5.14. The van der Waals surface area contributed by atoms with Crippen LogP contribution < -0.4 is 11.2 Å². The van der Waals surface area contributed by atoms with E-state index in [1.807, 2.05) is 56.3 Å². The van der Waals surface area contributed by atoms with Gasteiger partial charge in [0.15, 0.2) is 10.8 Å². The van der Waals surface area contributed by atoms with E-state index < -0.39 is 0 Å². The predicted molar refractivity (Wildman–Crippen MR) is 127 cm³/mol. The number of aryl methyl sites for hydroxylation is 2. The average molecular weight is 444 g/mol. The molecule has 160 valence electrons. The summed E-state index contributed by atoms with van der Waals surface area (Å²) in [5, 5.41) is 5.56. The molecule has 0 spiro atoms. The van der Waals surface area contributed by atoms with Crippen LogP contribution in [0.25, 0.3) is 22.2 Å². The predicted octanol–water partition coefficient (Wildman–Crippen LogP) is 3.60. The fraction of sp³-hybridized carbons (Fsp3) is 0.167. The van der Waals surface area contributed by atoms with Crippen LogP contribution in [0.4, 0.5) is 0 Å². The zero-order valence-corrected chi connectivity index (χ0v) is 18.5. The van der Waals surface area contributed by atoms with Gasteiger partial charge in [0, 0.05) is 11.9 Å². The van der Waals surface area contributed by atoms with Gasteiger partial charge in [0.2, 0.25) is 0 Å². The maximum atomic E-state index is 13.5. The van der Waals surface area contributed by atoms with E-state index in [0.717, 1.165) is 16.8 Å². The van der Waals surface area contributed by atoms with Crippen molar-refractivity contribution in [3.05, 3.63) is 98.8 Å². The first-order valence-electron chi connectivity index (χ1n) is 10.3. The number of hydrogen-bond acceptors (Lipinski definition) is 5. The van der Waals surface area contributed by atoms with Gasteiger partial charge in [-0.25, -0.2) is 14.5 Å². The lowest BCUT2D eigenvalue weighted by molar-refractivity contribution is 0.638. The fourth-order valence-corrected chi connectivity index (χ4v) is 4.66. The molecule has 5 rings (SSSR count). The first-order chi connectivity index (χ1) is 15.5. The number of hydrogen-bond donors (Lipinski definition) is 0. The molecule has 5 aromatic rings. The number of pyridine rings is 1. The summed E-state index contributed by atoms with van der Waals surface area (Å²) in [7, 11) is 0. The summed E-state index contributed by atoms with van der Waals surface area (Å²) < 4.78 is 4.65. The molecule has 3 aromatic heterocycles. The second-order valence-electron chi connectivity index (χ2n) is 7.55. The molecule has 3 heterocycles. The number of aromatic nitrogens is 5. The van der Waals surface area contributed by atoms with E-state index in [1.54, 1.807) is 29.0 Å². The highest BCUT2D eigenvalue weighted by Gasteiger charge is 2.16. The Bertz CT molecular complexity index is 1580. The van der Waals surface area contributed by atoms with Gasteiger partial charge >= 0.3 is 5.69 Å². The summed E-state index contributed by atoms with van der Waals surface area (Å²) in [6.07, 6.45) is 1.71. The Labute approximate surface area is 188 Å². The minimum absolute atomic E-state index is 0.100. The van der Waals surface area contributed by atoms with Gasteiger partial charge in [0.1, 0.15) is 0 Å². The highest BCUT2D eigenvalue weighted by Crippen LogP contribution is 2.24. The number of benzene rings is 2. The van der Waals surface area contributed by atoms with Crippen LogP contribution in [-0.4, -0.2) is 29.5 Å². The standard InChI is InChI=1S/C24H21N5O2S/c1-16-8-7-11-20(17(16)2)29-22(30)18-9-3-4-10-19(18)25-23(29)32-15-14-28-24(31)27-13-6-5-12-21(27)26-28/h3-13H,14-15H2,1-2H3. The Morgan fingerprint density at radius 1 is 0.938 bits per heavy atom. The monoisotopic (exact) mass is 443 g/mol. The van der Waals surface area contributed by atoms with Crippen LogP contribution >= 0.6 is 11.8 Å². The van der Waals surface area contributed by atoms with Crippen molar-refractivity contribution in [1.82, 2.24) is 23.7 Å². The quantitative estimate of drug-likeness (QED) is 0.307. The van der Waals surface area contributed by atoms with E-state index in [2.05, 4.69) is 5.10 Å². The van der Waals surface area contributed by atoms with Gasteiger partial charge in [-0.2, -0.15) is 0 Å². The molecule has 0 aliphatic carbocycles. The van der Waals surface area contributed by atoms with Gasteiger partial charge in [-0.15, -0.1) is 5.10 Å². The molecule has 0 N–H and O–H groups in total. The number of para-hydroxylation sites is 1. The average Bonchev–Trinajstić information content (AvgIpc) is 3.12. The van der Waals surface area contributed by atoms with E-state index >= 15 is 0 Å². The second kappa shape index (κ2) is 8.12. The number of thioether (sulfide) groups is 1. The molecule has 32 heavy (non-hydrogen) atoms. The molecule has 7 nitrogen and oxygen atoms in total. The third kappa shape index (κ3) is 3.42. The Morgan fingerprint density at radius 2 is 1.75 bits per heavy atom. The summed E-state index contributed by atoms with van der Waals surface area (Å²) in [6.45, 7) is 4.44. The molecule has 0 aliphatic heterocycles. The Morgan fingerprint density at radius 3 is 2.59 bits per heavy atom. The smallest absolute Gasteiger partial charge is 0.268 e. The summed E-state index contributed by atoms with van der Waals surface area (Å²) >= 11 is 1.44. The van der Waals surface area contributed by atoms with Crippen LogP contribution in [0.2, 0.25) is 0 Å². The van der Waals surface area contributed by atoms with Gasteiger partial charge in [-0.1, -0.05) is 42.1 Å². The van der Waals surface area contributed by atoms with Gasteiger partial charge in [-0.05, 0) is 55.3 Å². The minimum atomic E-state index is -0.181. The SMILES string of the molecule is Cc1cccc(-n2c(SCCn3nc4ccccn4c3=O)nc3ccccc3c2=O)c1C. The summed E-state index contributed by atoms with van der Waals surface area (Å²) in [4.78, 5) is 30.8. The van der Waals surface area contributed by atoms with Crippen LogP contribution in [0.5, 0.6) is 0 Å². The van der Waals surface area contributed by atoms with E-state index in [9.17, 15) is 9.59 Å². The Hall–Kier alpha value is -3.65.